The molecule has 0 saturated heterocycles. The number of aromatic nitrogens is 1. The van der Waals surface area contributed by atoms with Crippen molar-refractivity contribution in [2.24, 2.45) is 5.73 Å². The number of fused-ring (bicyclic) bond motifs is 1. The van der Waals surface area contributed by atoms with E-state index in [-0.39, 0.29) is 0 Å². The van der Waals surface area contributed by atoms with E-state index in [2.05, 4.69) is 37.0 Å². The number of nitrogens with one attached hydrogen (secondary N) is 1. The van der Waals surface area contributed by atoms with Crippen molar-refractivity contribution >= 4 is 10.9 Å². The van der Waals surface area contributed by atoms with E-state index in [9.17, 15) is 0 Å². The van der Waals surface area contributed by atoms with Crippen molar-refractivity contribution in [2.45, 2.75) is 26.3 Å². The molecule has 0 bridgehead atoms. The van der Waals surface area contributed by atoms with Crippen LogP contribution in [0.2, 0.25) is 0 Å². The molecule has 86 valence electrons. The number of hydrogen-bond donors (Lipinski definition) is 2. The summed E-state index contributed by atoms with van der Waals surface area (Å²) in [5.74, 6) is 1.42. The molecule has 0 spiro atoms. The number of H-pyrrole nitrogens is 1. The van der Waals surface area contributed by atoms with Crippen LogP contribution in [-0.2, 0) is 6.54 Å². The van der Waals surface area contributed by atoms with Crippen molar-refractivity contribution in [1.82, 2.24) is 4.98 Å². The molecule has 0 aliphatic carbocycles. The van der Waals surface area contributed by atoms with Crippen LogP contribution in [0.15, 0.2) is 18.2 Å². The minimum Gasteiger partial charge on any atom is -0.496 e. The number of methoxy groups -OCH3 is 1. The van der Waals surface area contributed by atoms with Gasteiger partial charge in [0.1, 0.15) is 5.75 Å². The summed E-state index contributed by atoms with van der Waals surface area (Å²) in [6.45, 7) is 4.86. The van der Waals surface area contributed by atoms with Crippen molar-refractivity contribution in [2.75, 3.05) is 7.11 Å². The first-order chi connectivity index (χ1) is 7.67. The standard InChI is InChI=1S/C13H18N2O/c1-8(2)10-4-5-12-11(13(10)16-3)6-9(7-14)15-12/h4-6,8,15H,7,14H2,1-3H3. The van der Waals surface area contributed by atoms with E-state index in [0.29, 0.717) is 12.5 Å². The first-order valence-electron chi connectivity index (χ1n) is 5.56. The van der Waals surface area contributed by atoms with Crippen LogP contribution in [0.1, 0.15) is 31.0 Å². The van der Waals surface area contributed by atoms with Gasteiger partial charge in [-0.2, -0.15) is 0 Å². The maximum atomic E-state index is 5.63. The van der Waals surface area contributed by atoms with E-state index in [0.717, 1.165) is 22.3 Å². The molecule has 0 unspecified atom stereocenters. The van der Waals surface area contributed by atoms with Gasteiger partial charge < -0.3 is 15.5 Å². The molecule has 3 heteroatoms. The van der Waals surface area contributed by atoms with Crippen molar-refractivity contribution in [3.63, 3.8) is 0 Å². The van der Waals surface area contributed by atoms with E-state index in [4.69, 9.17) is 10.5 Å². The van der Waals surface area contributed by atoms with Gasteiger partial charge >= 0.3 is 0 Å². The van der Waals surface area contributed by atoms with Gasteiger partial charge in [-0.3, -0.25) is 0 Å². The molecule has 1 heterocycles. The maximum Gasteiger partial charge on any atom is 0.131 e. The highest BCUT2D eigenvalue weighted by Crippen LogP contribution is 2.34. The Morgan fingerprint density at radius 3 is 2.69 bits per heavy atom. The lowest BCUT2D eigenvalue weighted by Crippen LogP contribution is -1.94. The average molecular weight is 218 g/mol. The predicted octanol–water partition coefficient (Wildman–Crippen LogP) is 2.76. The zero-order valence-electron chi connectivity index (χ0n) is 10.0. The monoisotopic (exact) mass is 218 g/mol. The van der Waals surface area contributed by atoms with E-state index in [1.54, 1.807) is 7.11 Å². The van der Waals surface area contributed by atoms with E-state index in [1.807, 2.05) is 0 Å². The third-order valence-electron chi connectivity index (χ3n) is 2.89. The van der Waals surface area contributed by atoms with Gasteiger partial charge in [0.25, 0.3) is 0 Å². The number of rotatable bonds is 3. The molecule has 3 N–H and O–H groups in total. The quantitative estimate of drug-likeness (QED) is 0.832. The first kappa shape index (κ1) is 11.0. The minimum absolute atomic E-state index is 0.454. The highest BCUT2D eigenvalue weighted by Gasteiger charge is 2.12. The van der Waals surface area contributed by atoms with Crippen LogP contribution < -0.4 is 10.5 Å². The lowest BCUT2D eigenvalue weighted by molar-refractivity contribution is 0.413. The second-order valence-corrected chi connectivity index (χ2v) is 4.30. The van der Waals surface area contributed by atoms with Crippen molar-refractivity contribution in [1.29, 1.82) is 0 Å². The van der Waals surface area contributed by atoms with Crippen LogP contribution in [0, 0.1) is 0 Å². The summed E-state index contributed by atoms with van der Waals surface area (Å²) in [6, 6.07) is 6.27. The fourth-order valence-electron chi connectivity index (χ4n) is 2.04. The molecular weight excluding hydrogens is 200 g/mol. The van der Waals surface area contributed by atoms with Gasteiger partial charge in [0, 0.05) is 23.1 Å². The van der Waals surface area contributed by atoms with Crippen LogP contribution in [0.3, 0.4) is 0 Å². The smallest absolute Gasteiger partial charge is 0.131 e. The molecule has 3 nitrogen and oxygen atoms in total. The van der Waals surface area contributed by atoms with Gasteiger partial charge in [0.2, 0.25) is 0 Å². The summed E-state index contributed by atoms with van der Waals surface area (Å²) in [5, 5.41) is 1.12. The van der Waals surface area contributed by atoms with Gasteiger partial charge in [0.15, 0.2) is 0 Å². The van der Waals surface area contributed by atoms with Crippen LogP contribution in [-0.4, -0.2) is 12.1 Å². The summed E-state index contributed by atoms with van der Waals surface area (Å²) < 4.78 is 5.52. The largest absolute Gasteiger partial charge is 0.496 e. The Hall–Kier alpha value is -1.48. The summed E-state index contributed by atoms with van der Waals surface area (Å²) in [4.78, 5) is 3.28. The molecule has 1 aromatic carbocycles. The fraction of sp³-hybridized carbons (Fsp3) is 0.385. The Kier molecular flexibility index (Phi) is 2.88. The summed E-state index contributed by atoms with van der Waals surface area (Å²) >= 11 is 0. The lowest BCUT2D eigenvalue weighted by Gasteiger charge is -2.12. The number of nitrogens with two attached hydrogens (primary N) is 1. The fourth-order valence-corrected chi connectivity index (χ4v) is 2.04. The lowest BCUT2D eigenvalue weighted by atomic mass is 10.00. The summed E-state index contributed by atoms with van der Waals surface area (Å²) in [7, 11) is 1.72. The van der Waals surface area contributed by atoms with Crippen molar-refractivity contribution in [3.05, 3.63) is 29.5 Å². The van der Waals surface area contributed by atoms with Crippen LogP contribution in [0.5, 0.6) is 5.75 Å². The normalized spacial score (nSPS) is 11.3. The zero-order valence-corrected chi connectivity index (χ0v) is 10.0. The highest BCUT2D eigenvalue weighted by molar-refractivity contribution is 5.88. The van der Waals surface area contributed by atoms with Crippen molar-refractivity contribution < 1.29 is 4.74 Å². The Morgan fingerprint density at radius 1 is 1.38 bits per heavy atom. The molecule has 16 heavy (non-hydrogen) atoms. The molecule has 0 atom stereocenters. The molecule has 1 aromatic heterocycles. The van der Waals surface area contributed by atoms with Gasteiger partial charge in [0.05, 0.1) is 7.11 Å². The van der Waals surface area contributed by atoms with E-state index >= 15 is 0 Å². The second-order valence-electron chi connectivity index (χ2n) is 4.30. The number of aromatic amines is 1. The van der Waals surface area contributed by atoms with Crippen LogP contribution in [0.25, 0.3) is 10.9 Å². The van der Waals surface area contributed by atoms with Crippen LogP contribution in [0.4, 0.5) is 0 Å². The molecule has 0 radical (unpaired) electrons. The van der Waals surface area contributed by atoms with Crippen LogP contribution >= 0.6 is 0 Å². The maximum absolute atomic E-state index is 5.63. The topological polar surface area (TPSA) is 51.0 Å². The Labute approximate surface area is 95.6 Å². The molecule has 0 aliphatic heterocycles. The Morgan fingerprint density at radius 2 is 2.12 bits per heavy atom. The zero-order chi connectivity index (χ0) is 11.7. The number of hydrogen-bond acceptors (Lipinski definition) is 2. The molecular formula is C13H18N2O. The van der Waals surface area contributed by atoms with Gasteiger partial charge in [-0.05, 0) is 23.6 Å². The SMILES string of the molecule is COc1c(C(C)C)ccc2[nH]c(CN)cc12. The average Bonchev–Trinajstić information content (AvgIpc) is 2.69. The molecule has 2 rings (SSSR count). The summed E-state index contributed by atoms with van der Waals surface area (Å²) in [6.07, 6.45) is 0. The van der Waals surface area contributed by atoms with E-state index < -0.39 is 0 Å². The molecule has 0 amide bonds. The van der Waals surface area contributed by atoms with Gasteiger partial charge in [-0.25, -0.2) is 0 Å². The van der Waals surface area contributed by atoms with Crippen molar-refractivity contribution in [3.8, 4) is 5.75 Å². The highest BCUT2D eigenvalue weighted by atomic mass is 16.5. The molecule has 0 aliphatic rings. The first-order valence-corrected chi connectivity index (χ1v) is 5.56. The van der Waals surface area contributed by atoms with Gasteiger partial charge in [-0.15, -0.1) is 0 Å². The Balaban J connectivity index is 2.69. The minimum atomic E-state index is 0.454. The summed E-state index contributed by atoms with van der Waals surface area (Å²) in [5.41, 5.74) is 8.99. The molecule has 0 fully saturated rings. The van der Waals surface area contributed by atoms with E-state index in [1.165, 1.54) is 5.56 Å². The number of ether oxygens (including phenoxy) is 1. The third kappa shape index (κ3) is 1.67. The molecule has 2 aromatic rings. The molecule has 0 saturated carbocycles. The Bertz CT molecular complexity index is 500. The third-order valence-corrected chi connectivity index (χ3v) is 2.89. The predicted molar refractivity (Wildman–Crippen MR) is 66.8 cm³/mol. The second kappa shape index (κ2) is 4.18. The van der Waals surface area contributed by atoms with Gasteiger partial charge in [-0.1, -0.05) is 19.9 Å². The number of benzene rings is 1.